The minimum Gasteiger partial charge on any atom is -0.367 e. The molecule has 0 saturated carbocycles. The molecule has 1 saturated heterocycles. The zero-order valence-electron chi connectivity index (χ0n) is 19.0. The Labute approximate surface area is 179 Å². The molecule has 0 bridgehead atoms. The van der Waals surface area contributed by atoms with Gasteiger partial charge in [0.05, 0.1) is 12.2 Å². The predicted molar refractivity (Wildman–Crippen MR) is 115 cm³/mol. The quantitative estimate of drug-likeness (QED) is 0.754. The van der Waals surface area contributed by atoms with Gasteiger partial charge in [-0.05, 0) is 38.3 Å². The Bertz CT molecular complexity index is 726. The fraction of sp³-hybridized carbons (Fsp3) is 0.818. The van der Waals surface area contributed by atoms with Gasteiger partial charge in [-0.1, -0.05) is 34.6 Å². The van der Waals surface area contributed by atoms with E-state index in [1.807, 2.05) is 31.7 Å². The van der Waals surface area contributed by atoms with Gasteiger partial charge in [-0.25, -0.2) is 13.5 Å². The van der Waals surface area contributed by atoms with E-state index >= 15 is 0 Å². The number of halogens is 2. The number of rotatable bonds is 6. The number of carbonyl (C=O) groups excluding carboxylic acids is 1. The maximum atomic E-state index is 13.9. The fourth-order valence-corrected chi connectivity index (χ4v) is 4.55. The molecule has 30 heavy (non-hydrogen) atoms. The van der Waals surface area contributed by atoms with Crippen molar-refractivity contribution in [2.24, 2.45) is 5.92 Å². The van der Waals surface area contributed by atoms with Gasteiger partial charge in [0, 0.05) is 30.6 Å². The topological polar surface area (TPSA) is 53.4 Å². The molecule has 2 aliphatic rings. The van der Waals surface area contributed by atoms with E-state index in [2.05, 4.69) is 29.2 Å². The summed E-state index contributed by atoms with van der Waals surface area (Å²) in [5.74, 6) is 0.986. The lowest BCUT2D eigenvalue weighted by Crippen LogP contribution is -2.50. The number of aromatic nitrogens is 2. The standard InChI is InChI=1S/C22H37F2N5O/c1-6-27(7-2)14-20(30)28-10-8-9-15(13-28)16-11-17(21(23)24)29-19(25-16)12-18(26-29)22(3,4)5/h12,15-17,21,25H,6-11,13-14H2,1-5H3/t15?,16-,17+/m0/s1. The largest absolute Gasteiger partial charge is 0.367 e. The third-order valence-electron chi connectivity index (χ3n) is 6.57. The number of carbonyl (C=O) groups is 1. The summed E-state index contributed by atoms with van der Waals surface area (Å²) in [6, 6.07) is 0.905. The summed E-state index contributed by atoms with van der Waals surface area (Å²) in [4.78, 5) is 16.8. The molecule has 170 valence electrons. The van der Waals surface area contributed by atoms with E-state index in [0.29, 0.717) is 25.3 Å². The lowest BCUT2D eigenvalue weighted by molar-refractivity contribution is -0.134. The number of hydrogen-bond acceptors (Lipinski definition) is 4. The number of likely N-dealkylation sites (N-methyl/N-ethyl adjacent to an activating group) is 1. The Morgan fingerprint density at radius 2 is 2.03 bits per heavy atom. The van der Waals surface area contributed by atoms with Crippen molar-refractivity contribution in [3.05, 3.63) is 11.8 Å². The first-order chi connectivity index (χ1) is 14.1. The number of nitrogens with zero attached hydrogens (tertiary/aromatic N) is 4. The van der Waals surface area contributed by atoms with Gasteiger partial charge in [0.15, 0.2) is 0 Å². The van der Waals surface area contributed by atoms with Gasteiger partial charge in [-0.3, -0.25) is 9.69 Å². The second-order valence-corrected chi connectivity index (χ2v) is 9.70. The van der Waals surface area contributed by atoms with E-state index in [0.717, 1.165) is 38.2 Å². The molecule has 1 unspecified atom stereocenters. The van der Waals surface area contributed by atoms with Gasteiger partial charge in [-0.15, -0.1) is 0 Å². The lowest BCUT2D eigenvalue weighted by atomic mass is 9.86. The maximum Gasteiger partial charge on any atom is 0.260 e. The van der Waals surface area contributed by atoms with Crippen LogP contribution < -0.4 is 5.32 Å². The highest BCUT2D eigenvalue weighted by Crippen LogP contribution is 2.38. The number of fused-ring (bicyclic) bond motifs is 1. The molecule has 1 fully saturated rings. The van der Waals surface area contributed by atoms with Crippen LogP contribution in [0.1, 0.15) is 65.6 Å². The van der Waals surface area contributed by atoms with E-state index in [1.165, 1.54) is 4.68 Å². The molecule has 2 aliphatic heterocycles. The van der Waals surface area contributed by atoms with Crippen LogP contribution in [0.2, 0.25) is 0 Å². The summed E-state index contributed by atoms with van der Waals surface area (Å²) < 4.78 is 29.3. The van der Waals surface area contributed by atoms with Gasteiger partial charge in [0.25, 0.3) is 6.43 Å². The number of nitrogens with one attached hydrogen (secondary N) is 1. The molecular formula is C22H37F2N5O. The zero-order valence-corrected chi connectivity index (χ0v) is 19.0. The number of anilines is 1. The summed E-state index contributed by atoms with van der Waals surface area (Å²) in [5, 5.41) is 7.99. The first kappa shape index (κ1) is 23.0. The third-order valence-corrected chi connectivity index (χ3v) is 6.57. The van der Waals surface area contributed by atoms with Gasteiger partial charge in [-0.2, -0.15) is 5.10 Å². The molecule has 1 N–H and O–H groups in total. The van der Waals surface area contributed by atoms with Crippen LogP contribution in [0.4, 0.5) is 14.6 Å². The average molecular weight is 426 g/mol. The number of alkyl halides is 2. The van der Waals surface area contributed by atoms with Crippen LogP contribution in [0.15, 0.2) is 6.07 Å². The molecule has 0 spiro atoms. The molecule has 0 aromatic carbocycles. The number of amides is 1. The normalized spacial score (nSPS) is 24.8. The molecule has 1 aromatic heterocycles. The SMILES string of the molecule is CCN(CC)CC(=O)N1CCCC([C@@H]2C[C@H](C(F)F)n3nc(C(C)(C)C)cc3N2)C1. The van der Waals surface area contributed by atoms with Crippen molar-refractivity contribution < 1.29 is 13.6 Å². The molecule has 3 heterocycles. The Balaban J connectivity index is 1.74. The second kappa shape index (κ2) is 9.20. The van der Waals surface area contributed by atoms with Crippen LogP contribution >= 0.6 is 0 Å². The van der Waals surface area contributed by atoms with Crippen molar-refractivity contribution in [2.45, 2.75) is 77.8 Å². The summed E-state index contributed by atoms with van der Waals surface area (Å²) in [5.41, 5.74) is 0.614. The van der Waals surface area contributed by atoms with Crippen molar-refractivity contribution in [3.8, 4) is 0 Å². The summed E-state index contributed by atoms with van der Waals surface area (Å²) in [6.45, 7) is 13.7. The molecule has 0 radical (unpaired) electrons. The molecule has 8 heteroatoms. The minimum absolute atomic E-state index is 0.0786. The second-order valence-electron chi connectivity index (χ2n) is 9.70. The highest BCUT2D eigenvalue weighted by Gasteiger charge is 2.39. The van der Waals surface area contributed by atoms with Gasteiger partial charge in [0.1, 0.15) is 11.9 Å². The molecule has 0 aliphatic carbocycles. The number of hydrogen-bond donors (Lipinski definition) is 1. The highest BCUT2D eigenvalue weighted by molar-refractivity contribution is 5.78. The highest BCUT2D eigenvalue weighted by atomic mass is 19.3. The van der Waals surface area contributed by atoms with Crippen LogP contribution in [0.5, 0.6) is 0 Å². The lowest BCUT2D eigenvalue weighted by Gasteiger charge is -2.41. The Morgan fingerprint density at radius 1 is 1.33 bits per heavy atom. The average Bonchev–Trinajstić information content (AvgIpc) is 3.15. The van der Waals surface area contributed by atoms with Crippen molar-refractivity contribution in [1.82, 2.24) is 19.6 Å². The van der Waals surface area contributed by atoms with Crippen molar-refractivity contribution in [1.29, 1.82) is 0 Å². The number of piperidine rings is 1. The van der Waals surface area contributed by atoms with Crippen LogP contribution in [-0.2, 0) is 10.2 Å². The van der Waals surface area contributed by atoms with Crippen molar-refractivity contribution in [2.75, 3.05) is 38.0 Å². The van der Waals surface area contributed by atoms with Crippen LogP contribution in [0.3, 0.4) is 0 Å². The Kier molecular flexibility index (Phi) is 7.05. The predicted octanol–water partition coefficient (Wildman–Crippen LogP) is 3.75. The Morgan fingerprint density at radius 3 is 2.63 bits per heavy atom. The molecule has 3 rings (SSSR count). The molecule has 1 aromatic rings. The van der Waals surface area contributed by atoms with Crippen LogP contribution in [-0.4, -0.2) is 70.7 Å². The molecule has 6 nitrogen and oxygen atoms in total. The monoisotopic (exact) mass is 425 g/mol. The number of likely N-dealkylation sites (tertiary alicyclic amines) is 1. The summed E-state index contributed by atoms with van der Waals surface area (Å²) in [6.07, 6.45) is -0.273. The van der Waals surface area contributed by atoms with Crippen LogP contribution in [0, 0.1) is 5.92 Å². The van der Waals surface area contributed by atoms with Gasteiger partial charge >= 0.3 is 0 Å². The summed E-state index contributed by atoms with van der Waals surface area (Å²) >= 11 is 0. The smallest absolute Gasteiger partial charge is 0.260 e. The van der Waals surface area contributed by atoms with Crippen molar-refractivity contribution in [3.63, 3.8) is 0 Å². The van der Waals surface area contributed by atoms with E-state index in [1.54, 1.807) is 0 Å². The molecule has 1 amide bonds. The van der Waals surface area contributed by atoms with Gasteiger partial charge < -0.3 is 10.2 Å². The van der Waals surface area contributed by atoms with E-state index < -0.39 is 12.5 Å². The summed E-state index contributed by atoms with van der Waals surface area (Å²) in [7, 11) is 0. The first-order valence-electron chi connectivity index (χ1n) is 11.3. The zero-order chi connectivity index (χ0) is 22.1. The molecule has 3 atom stereocenters. The van der Waals surface area contributed by atoms with E-state index in [4.69, 9.17) is 0 Å². The van der Waals surface area contributed by atoms with Crippen molar-refractivity contribution >= 4 is 11.7 Å². The first-order valence-corrected chi connectivity index (χ1v) is 11.3. The third kappa shape index (κ3) is 4.95. The minimum atomic E-state index is -2.47. The van der Waals surface area contributed by atoms with Gasteiger partial charge in [0.2, 0.25) is 5.91 Å². The maximum absolute atomic E-state index is 13.9. The molecular weight excluding hydrogens is 388 g/mol. The van der Waals surface area contributed by atoms with E-state index in [9.17, 15) is 13.6 Å². The Hall–Kier alpha value is -1.70. The van der Waals surface area contributed by atoms with Crippen LogP contribution in [0.25, 0.3) is 0 Å². The fourth-order valence-electron chi connectivity index (χ4n) is 4.55. The van der Waals surface area contributed by atoms with E-state index in [-0.39, 0.29) is 23.3 Å².